The van der Waals surface area contributed by atoms with Gasteiger partial charge < -0.3 is 0 Å². The molecule has 0 saturated heterocycles. The van der Waals surface area contributed by atoms with E-state index >= 15 is 0 Å². The van der Waals surface area contributed by atoms with Crippen molar-refractivity contribution in [3.05, 3.63) is 207 Å². The second-order valence-electron chi connectivity index (χ2n) is 14.7. The third-order valence-corrected chi connectivity index (χ3v) is 12.1. The third-order valence-electron chi connectivity index (χ3n) is 10.9. The van der Waals surface area contributed by atoms with Gasteiger partial charge in [-0.15, -0.1) is 11.3 Å². The summed E-state index contributed by atoms with van der Waals surface area (Å²) in [7, 11) is 0. The Kier molecular flexibility index (Phi) is 8.64. The van der Waals surface area contributed by atoms with Crippen molar-refractivity contribution < 1.29 is 0 Å². The summed E-state index contributed by atoms with van der Waals surface area (Å²) in [6.07, 6.45) is 3.66. The fourth-order valence-electron chi connectivity index (χ4n) is 7.98. The molecule has 0 radical (unpaired) electrons. The molecule has 11 aromatic rings. The van der Waals surface area contributed by atoms with E-state index < -0.39 is 0 Å². The minimum absolute atomic E-state index is 0.657. The Labute approximate surface area is 345 Å². The lowest BCUT2D eigenvalue weighted by Gasteiger charge is -2.15. The minimum Gasteiger partial charge on any atom is -0.256 e. The number of fused-ring (bicyclic) bond motifs is 4. The monoisotopic (exact) mass is 770 g/mol. The van der Waals surface area contributed by atoms with Crippen molar-refractivity contribution in [1.82, 2.24) is 19.9 Å². The molecule has 7 aromatic carbocycles. The quantitative estimate of drug-likeness (QED) is 0.162. The van der Waals surface area contributed by atoms with E-state index in [9.17, 15) is 0 Å². The second-order valence-corrected chi connectivity index (χ2v) is 15.8. The molecular formula is C54H34N4S. The Morgan fingerprint density at radius 3 is 1.49 bits per heavy atom. The van der Waals surface area contributed by atoms with E-state index in [2.05, 4.69) is 140 Å². The molecular weight excluding hydrogens is 737 g/mol. The Bertz CT molecular complexity index is 3270. The van der Waals surface area contributed by atoms with E-state index in [-0.39, 0.29) is 0 Å². The summed E-state index contributed by atoms with van der Waals surface area (Å²) in [6, 6.07) is 68.6. The molecule has 0 amide bonds. The fourth-order valence-corrected chi connectivity index (χ4v) is 9.07. The summed E-state index contributed by atoms with van der Waals surface area (Å²) in [4.78, 5) is 20.0. The molecule has 0 N–H and O–H groups in total. The molecule has 5 heteroatoms. The Hall–Kier alpha value is -7.60. The largest absolute Gasteiger partial charge is 0.256 e. The number of hydrogen-bond acceptors (Lipinski definition) is 5. The minimum atomic E-state index is 0.657. The van der Waals surface area contributed by atoms with Gasteiger partial charge in [0.2, 0.25) is 0 Å². The number of thiophene rings is 1. The molecule has 0 aliphatic carbocycles. The van der Waals surface area contributed by atoms with Gasteiger partial charge in [0.05, 0.1) is 22.8 Å². The summed E-state index contributed by atoms with van der Waals surface area (Å²) in [5, 5.41) is 4.97. The second kappa shape index (κ2) is 14.7. The zero-order valence-electron chi connectivity index (χ0n) is 31.8. The van der Waals surface area contributed by atoms with Crippen LogP contribution in [0.5, 0.6) is 0 Å². The van der Waals surface area contributed by atoms with E-state index in [4.69, 9.17) is 19.9 Å². The summed E-state index contributed by atoms with van der Waals surface area (Å²) >= 11 is 1.84. The number of pyridine rings is 2. The molecule has 4 aromatic heterocycles. The Balaban J connectivity index is 1.14. The highest BCUT2D eigenvalue weighted by Crippen LogP contribution is 2.40. The summed E-state index contributed by atoms with van der Waals surface area (Å²) in [5.74, 6) is 0.657. The molecule has 59 heavy (non-hydrogen) atoms. The van der Waals surface area contributed by atoms with Gasteiger partial charge in [0.1, 0.15) is 0 Å². The van der Waals surface area contributed by atoms with Crippen LogP contribution in [0.15, 0.2) is 207 Å². The van der Waals surface area contributed by atoms with Gasteiger partial charge in [0.15, 0.2) is 5.82 Å². The maximum Gasteiger partial charge on any atom is 0.160 e. The SMILES string of the molecule is c1ccc(-c2nc(-c3cc(-c4ccc5ccccc5c4)cc(-c4ccc5sc6ccccc6c5c4)c3)cc(-c3cc(-c4ccccn4)cc(-c4ccccn4)c3)n2)cc1. The van der Waals surface area contributed by atoms with Crippen LogP contribution in [0.4, 0.5) is 0 Å². The van der Waals surface area contributed by atoms with Crippen LogP contribution < -0.4 is 0 Å². The van der Waals surface area contributed by atoms with Gasteiger partial charge in [-0.3, -0.25) is 9.97 Å². The fraction of sp³-hybridized carbons (Fsp3) is 0. The van der Waals surface area contributed by atoms with Crippen molar-refractivity contribution in [2.24, 2.45) is 0 Å². The summed E-state index contributed by atoms with van der Waals surface area (Å²) in [5.41, 5.74) is 12.8. The van der Waals surface area contributed by atoms with Gasteiger partial charge in [-0.1, -0.05) is 103 Å². The lowest BCUT2D eigenvalue weighted by atomic mass is 9.93. The van der Waals surface area contributed by atoms with Crippen molar-refractivity contribution in [3.63, 3.8) is 0 Å². The van der Waals surface area contributed by atoms with E-state index in [1.165, 1.54) is 30.9 Å². The number of benzene rings is 7. The predicted molar refractivity (Wildman–Crippen MR) is 246 cm³/mol. The van der Waals surface area contributed by atoms with E-state index in [0.29, 0.717) is 5.82 Å². The molecule has 0 saturated carbocycles. The van der Waals surface area contributed by atoms with Gasteiger partial charge >= 0.3 is 0 Å². The average molecular weight is 771 g/mol. The van der Waals surface area contributed by atoms with Crippen molar-refractivity contribution in [1.29, 1.82) is 0 Å². The van der Waals surface area contributed by atoms with E-state index in [0.717, 1.165) is 72.8 Å². The zero-order valence-corrected chi connectivity index (χ0v) is 32.6. The first kappa shape index (κ1) is 34.6. The standard InChI is InChI=1S/C54H34N4S/c1-2-13-36(14-3-1)54-57-50(34-51(58-54)45-31-42(48-17-8-10-24-55-48)30-43(32-45)49-18-9-11-25-56-49)44-28-40(38-21-20-35-12-4-5-15-37(35)26-38)27-41(29-44)39-22-23-53-47(33-39)46-16-6-7-19-52(46)59-53/h1-34H. The highest BCUT2D eigenvalue weighted by molar-refractivity contribution is 7.25. The van der Waals surface area contributed by atoms with Crippen molar-refractivity contribution in [2.45, 2.75) is 0 Å². The van der Waals surface area contributed by atoms with E-state index in [1.807, 2.05) is 78.3 Å². The van der Waals surface area contributed by atoms with Crippen LogP contribution in [0.1, 0.15) is 0 Å². The van der Waals surface area contributed by atoms with Gasteiger partial charge in [-0.05, 0) is 124 Å². The summed E-state index contributed by atoms with van der Waals surface area (Å²) < 4.78 is 2.58. The van der Waals surface area contributed by atoms with Crippen LogP contribution in [0, 0.1) is 0 Å². The Morgan fingerprint density at radius 2 is 0.814 bits per heavy atom. The highest BCUT2D eigenvalue weighted by atomic mass is 32.1. The number of aromatic nitrogens is 4. The third kappa shape index (κ3) is 6.74. The number of nitrogens with zero attached hydrogens (tertiary/aromatic N) is 4. The normalized spacial score (nSPS) is 11.4. The topological polar surface area (TPSA) is 51.6 Å². The number of rotatable bonds is 7. The molecule has 0 atom stereocenters. The zero-order chi connectivity index (χ0) is 39.1. The van der Waals surface area contributed by atoms with Crippen LogP contribution in [0.25, 0.3) is 110 Å². The molecule has 0 aliphatic rings. The number of hydrogen-bond donors (Lipinski definition) is 0. The molecule has 0 bridgehead atoms. The first-order valence-electron chi connectivity index (χ1n) is 19.7. The first-order chi connectivity index (χ1) is 29.2. The van der Waals surface area contributed by atoms with Gasteiger partial charge in [0.25, 0.3) is 0 Å². The molecule has 0 spiro atoms. The van der Waals surface area contributed by atoms with E-state index in [1.54, 1.807) is 0 Å². The lowest BCUT2D eigenvalue weighted by Crippen LogP contribution is -1.97. The average Bonchev–Trinajstić information content (AvgIpc) is 3.70. The molecule has 11 rings (SSSR count). The molecule has 4 heterocycles. The van der Waals surface area contributed by atoms with Crippen molar-refractivity contribution in [3.8, 4) is 78.7 Å². The maximum atomic E-state index is 5.33. The van der Waals surface area contributed by atoms with Crippen molar-refractivity contribution in [2.75, 3.05) is 0 Å². The summed E-state index contributed by atoms with van der Waals surface area (Å²) in [6.45, 7) is 0. The van der Waals surface area contributed by atoms with Gasteiger partial charge in [-0.2, -0.15) is 0 Å². The van der Waals surface area contributed by atoms with Gasteiger partial charge in [0, 0.05) is 60.4 Å². The van der Waals surface area contributed by atoms with Crippen LogP contribution in [0.2, 0.25) is 0 Å². The molecule has 0 aliphatic heterocycles. The lowest BCUT2D eigenvalue weighted by molar-refractivity contribution is 1.18. The van der Waals surface area contributed by atoms with Crippen molar-refractivity contribution >= 4 is 42.3 Å². The van der Waals surface area contributed by atoms with Crippen LogP contribution in [-0.2, 0) is 0 Å². The van der Waals surface area contributed by atoms with Crippen LogP contribution in [-0.4, -0.2) is 19.9 Å². The van der Waals surface area contributed by atoms with Crippen LogP contribution >= 0.6 is 11.3 Å². The van der Waals surface area contributed by atoms with Gasteiger partial charge in [-0.25, -0.2) is 9.97 Å². The molecule has 0 unspecified atom stereocenters. The first-order valence-corrected chi connectivity index (χ1v) is 20.5. The predicted octanol–water partition coefficient (Wildman–Crippen LogP) is 14.5. The molecule has 4 nitrogen and oxygen atoms in total. The maximum absolute atomic E-state index is 5.33. The molecule has 0 fully saturated rings. The van der Waals surface area contributed by atoms with Crippen LogP contribution in [0.3, 0.4) is 0 Å². The molecule has 276 valence electrons. The highest BCUT2D eigenvalue weighted by Gasteiger charge is 2.17. The Morgan fingerprint density at radius 1 is 0.288 bits per heavy atom. The smallest absolute Gasteiger partial charge is 0.160 e.